The lowest BCUT2D eigenvalue weighted by atomic mass is 10.0. The molecule has 1 aromatic heterocycles. The molecule has 1 fully saturated rings. The average Bonchev–Trinajstić information content (AvgIpc) is 3.19. The van der Waals surface area contributed by atoms with Crippen molar-refractivity contribution in [2.75, 3.05) is 19.6 Å². The van der Waals surface area contributed by atoms with Crippen molar-refractivity contribution in [2.24, 2.45) is 5.92 Å². The zero-order valence-corrected chi connectivity index (χ0v) is 15.0. The number of hydrogen-bond donors (Lipinski definition) is 1. The van der Waals surface area contributed by atoms with Gasteiger partial charge in [-0.3, -0.25) is 9.78 Å². The Morgan fingerprint density at radius 3 is 2.77 bits per heavy atom. The molecule has 4 nitrogen and oxygen atoms in total. The minimum absolute atomic E-state index is 0.164. The number of amides is 1. The Morgan fingerprint density at radius 1 is 1.23 bits per heavy atom. The highest BCUT2D eigenvalue weighted by Gasteiger charge is 2.19. The second kappa shape index (κ2) is 9.43. The summed E-state index contributed by atoms with van der Waals surface area (Å²) in [4.78, 5) is 19.0. The molecule has 1 N–H and O–H groups in total. The molecular formula is C21H26FN3O. The smallest absolute Gasteiger partial charge is 0.222 e. The van der Waals surface area contributed by atoms with E-state index in [-0.39, 0.29) is 11.7 Å². The van der Waals surface area contributed by atoms with E-state index in [1.807, 2.05) is 23.1 Å². The van der Waals surface area contributed by atoms with Crippen LogP contribution in [0.3, 0.4) is 0 Å². The number of halogens is 1. The van der Waals surface area contributed by atoms with Crippen LogP contribution >= 0.6 is 0 Å². The first-order valence-corrected chi connectivity index (χ1v) is 9.33. The predicted molar refractivity (Wildman–Crippen MR) is 100.0 cm³/mol. The SMILES string of the molecule is O=C(CCC1CCNC1)N(CCc1ccccn1)Cc1ccc(F)cc1. The third-order valence-electron chi connectivity index (χ3n) is 4.93. The lowest BCUT2D eigenvalue weighted by Gasteiger charge is -2.23. The lowest BCUT2D eigenvalue weighted by molar-refractivity contribution is -0.132. The van der Waals surface area contributed by atoms with Crippen LogP contribution in [0.2, 0.25) is 0 Å². The molecule has 1 aliphatic rings. The first-order chi connectivity index (χ1) is 12.7. The summed E-state index contributed by atoms with van der Waals surface area (Å²) in [6.07, 6.45) is 5.14. The van der Waals surface area contributed by atoms with Crippen LogP contribution in [0.4, 0.5) is 4.39 Å². The van der Waals surface area contributed by atoms with Gasteiger partial charge in [0.2, 0.25) is 5.91 Å². The van der Waals surface area contributed by atoms with Crippen molar-refractivity contribution in [2.45, 2.75) is 32.2 Å². The number of nitrogens with zero attached hydrogens (tertiary/aromatic N) is 2. The normalized spacial score (nSPS) is 16.6. The van der Waals surface area contributed by atoms with E-state index in [0.29, 0.717) is 25.4 Å². The van der Waals surface area contributed by atoms with Crippen LogP contribution in [-0.2, 0) is 17.8 Å². The average molecular weight is 355 g/mol. The molecule has 0 radical (unpaired) electrons. The summed E-state index contributed by atoms with van der Waals surface area (Å²) in [7, 11) is 0. The van der Waals surface area contributed by atoms with Crippen LogP contribution in [0, 0.1) is 11.7 Å². The van der Waals surface area contributed by atoms with E-state index in [1.54, 1.807) is 18.3 Å². The quantitative estimate of drug-likeness (QED) is 0.791. The topological polar surface area (TPSA) is 45.2 Å². The molecule has 0 saturated carbocycles. The largest absolute Gasteiger partial charge is 0.338 e. The summed E-state index contributed by atoms with van der Waals surface area (Å²) in [6, 6.07) is 12.2. The van der Waals surface area contributed by atoms with Crippen molar-refractivity contribution >= 4 is 5.91 Å². The Kier molecular flexibility index (Phi) is 6.72. The van der Waals surface area contributed by atoms with Crippen LogP contribution in [0.25, 0.3) is 0 Å². The molecule has 3 rings (SSSR count). The highest BCUT2D eigenvalue weighted by molar-refractivity contribution is 5.76. The van der Waals surface area contributed by atoms with Crippen LogP contribution < -0.4 is 5.32 Å². The Morgan fingerprint density at radius 2 is 2.08 bits per heavy atom. The van der Waals surface area contributed by atoms with Crippen LogP contribution in [0.1, 0.15) is 30.5 Å². The van der Waals surface area contributed by atoms with Gasteiger partial charge in [0.15, 0.2) is 0 Å². The van der Waals surface area contributed by atoms with Crippen molar-refractivity contribution < 1.29 is 9.18 Å². The van der Waals surface area contributed by atoms with E-state index < -0.39 is 0 Å². The van der Waals surface area contributed by atoms with Crippen LogP contribution in [-0.4, -0.2) is 35.4 Å². The third-order valence-corrected chi connectivity index (χ3v) is 4.93. The molecule has 0 aliphatic carbocycles. The van der Waals surface area contributed by atoms with Gasteiger partial charge in [0, 0.05) is 37.8 Å². The molecule has 5 heteroatoms. The highest BCUT2D eigenvalue weighted by atomic mass is 19.1. The van der Waals surface area contributed by atoms with Gasteiger partial charge in [-0.2, -0.15) is 0 Å². The number of aromatic nitrogens is 1. The minimum atomic E-state index is -0.256. The summed E-state index contributed by atoms with van der Waals surface area (Å²) in [6.45, 7) is 3.20. The maximum Gasteiger partial charge on any atom is 0.222 e. The lowest BCUT2D eigenvalue weighted by Crippen LogP contribution is -2.33. The summed E-state index contributed by atoms with van der Waals surface area (Å²) in [5.41, 5.74) is 1.92. The monoisotopic (exact) mass is 355 g/mol. The van der Waals surface area contributed by atoms with Gasteiger partial charge in [-0.05, 0) is 61.7 Å². The van der Waals surface area contributed by atoms with Gasteiger partial charge in [-0.1, -0.05) is 18.2 Å². The number of hydrogen-bond acceptors (Lipinski definition) is 3. The third kappa shape index (κ3) is 5.63. The number of carbonyl (C=O) groups excluding carboxylic acids is 1. The minimum Gasteiger partial charge on any atom is -0.338 e. The van der Waals surface area contributed by atoms with E-state index >= 15 is 0 Å². The fourth-order valence-corrected chi connectivity index (χ4v) is 3.34. The molecule has 26 heavy (non-hydrogen) atoms. The maximum absolute atomic E-state index is 13.2. The fourth-order valence-electron chi connectivity index (χ4n) is 3.34. The molecule has 1 saturated heterocycles. The molecule has 1 aliphatic heterocycles. The maximum atomic E-state index is 13.2. The van der Waals surface area contributed by atoms with Crippen molar-refractivity contribution in [1.82, 2.24) is 15.2 Å². The molecule has 0 bridgehead atoms. The van der Waals surface area contributed by atoms with Crippen LogP contribution in [0.15, 0.2) is 48.7 Å². The highest BCUT2D eigenvalue weighted by Crippen LogP contribution is 2.16. The number of pyridine rings is 1. The van der Waals surface area contributed by atoms with Gasteiger partial charge in [0.05, 0.1) is 0 Å². The first kappa shape index (κ1) is 18.5. The van der Waals surface area contributed by atoms with E-state index in [2.05, 4.69) is 10.3 Å². The Labute approximate surface area is 154 Å². The second-order valence-electron chi connectivity index (χ2n) is 6.91. The molecule has 2 aromatic rings. The van der Waals surface area contributed by atoms with Gasteiger partial charge < -0.3 is 10.2 Å². The second-order valence-corrected chi connectivity index (χ2v) is 6.91. The van der Waals surface area contributed by atoms with E-state index in [0.717, 1.165) is 43.6 Å². The van der Waals surface area contributed by atoms with Crippen molar-refractivity contribution in [3.63, 3.8) is 0 Å². The van der Waals surface area contributed by atoms with E-state index in [4.69, 9.17) is 0 Å². The van der Waals surface area contributed by atoms with Crippen molar-refractivity contribution in [1.29, 1.82) is 0 Å². The van der Waals surface area contributed by atoms with Gasteiger partial charge >= 0.3 is 0 Å². The molecular weight excluding hydrogens is 329 g/mol. The zero-order chi connectivity index (χ0) is 18.2. The zero-order valence-electron chi connectivity index (χ0n) is 15.0. The van der Waals surface area contributed by atoms with Crippen molar-refractivity contribution in [3.05, 3.63) is 65.7 Å². The Hall–Kier alpha value is -2.27. The van der Waals surface area contributed by atoms with Crippen LogP contribution in [0.5, 0.6) is 0 Å². The summed E-state index contributed by atoms with van der Waals surface area (Å²) in [5, 5.41) is 3.35. The summed E-state index contributed by atoms with van der Waals surface area (Å²) >= 11 is 0. The van der Waals surface area contributed by atoms with Gasteiger partial charge in [-0.25, -0.2) is 4.39 Å². The van der Waals surface area contributed by atoms with Gasteiger partial charge in [0.1, 0.15) is 5.82 Å². The summed E-state index contributed by atoms with van der Waals surface area (Å²) in [5.74, 6) is 0.508. The molecule has 1 amide bonds. The van der Waals surface area contributed by atoms with Crippen molar-refractivity contribution in [3.8, 4) is 0 Å². The van der Waals surface area contributed by atoms with Gasteiger partial charge in [0.25, 0.3) is 0 Å². The molecule has 1 unspecified atom stereocenters. The predicted octanol–water partition coefficient (Wildman–Crippen LogP) is 3.18. The molecule has 2 heterocycles. The first-order valence-electron chi connectivity index (χ1n) is 9.33. The molecule has 1 aromatic carbocycles. The Balaban J connectivity index is 1.61. The number of rotatable bonds is 8. The number of carbonyl (C=O) groups is 1. The summed E-state index contributed by atoms with van der Waals surface area (Å²) < 4.78 is 13.2. The van der Waals surface area contributed by atoms with E-state index in [9.17, 15) is 9.18 Å². The van der Waals surface area contributed by atoms with E-state index in [1.165, 1.54) is 12.1 Å². The molecule has 138 valence electrons. The number of benzene rings is 1. The molecule has 0 spiro atoms. The number of nitrogens with one attached hydrogen (secondary N) is 1. The Bertz CT molecular complexity index is 684. The standard InChI is InChI=1S/C21H26FN3O/c22-19-7-4-18(5-8-19)16-25(14-11-20-3-1-2-12-24-20)21(26)9-6-17-10-13-23-15-17/h1-5,7-8,12,17,23H,6,9-11,13-16H2. The van der Waals surface area contributed by atoms with Gasteiger partial charge in [-0.15, -0.1) is 0 Å². The fraction of sp³-hybridized carbons (Fsp3) is 0.429. The molecule has 1 atom stereocenters.